The highest BCUT2D eigenvalue weighted by molar-refractivity contribution is 7.89. The van der Waals surface area contributed by atoms with E-state index in [4.69, 9.17) is 16.3 Å². The van der Waals surface area contributed by atoms with E-state index < -0.39 is 28.1 Å². The summed E-state index contributed by atoms with van der Waals surface area (Å²) in [6, 6.07) is 9.38. The molecule has 13 heteroatoms. The molecule has 3 fully saturated rings. The molecule has 1 saturated carbocycles. The summed E-state index contributed by atoms with van der Waals surface area (Å²) in [6.45, 7) is 1.16. The van der Waals surface area contributed by atoms with Gasteiger partial charge in [-0.2, -0.15) is 4.31 Å². The number of carboxylic acid groups (broad SMARTS) is 1. The molecule has 240 valence electrons. The Morgan fingerprint density at radius 2 is 1.89 bits per heavy atom. The van der Waals surface area contributed by atoms with Gasteiger partial charge in [0.15, 0.2) is 0 Å². The van der Waals surface area contributed by atoms with Gasteiger partial charge >= 0.3 is 6.09 Å². The predicted molar refractivity (Wildman–Crippen MR) is 167 cm³/mol. The first-order valence-electron chi connectivity index (χ1n) is 15.3. The first-order valence-corrected chi connectivity index (χ1v) is 17.3. The number of ether oxygens (including phenoxy) is 1. The first-order chi connectivity index (χ1) is 21.1. The predicted octanol–water partition coefficient (Wildman–Crippen LogP) is 3.69. The Balaban J connectivity index is 1.35. The first kappa shape index (κ1) is 32.5. The van der Waals surface area contributed by atoms with Crippen LogP contribution in [-0.2, 0) is 14.8 Å². The summed E-state index contributed by atoms with van der Waals surface area (Å²) in [4.78, 5) is 31.9. The van der Waals surface area contributed by atoms with Crippen LogP contribution in [0.4, 0.5) is 4.79 Å². The number of hydrogen-bond acceptors (Lipinski definition) is 7. The maximum atomic E-state index is 14.2. The molecule has 5 rings (SSSR count). The van der Waals surface area contributed by atoms with Crippen molar-refractivity contribution in [3.05, 3.63) is 58.7 Å². The third kappa shape index (κ3) is 7.30. The quantitative estimate of drug-likeness (QED) is 0.355. The monoisotopic (exact) mass is 647 g/mol. The lowest BCUT2D eigenvalue weighted by molar-refractivity contribution is -0.127. The summed E-state index contributed by atoms with van der Waals surface area (Å²) < 4.78 is 32.8. The van der Waals surface area contributed by atoms with Crippen LogP contribution in [0.1, 0.15) is 62.0 Å². The van der Waals surface area contributed by atoms with Crippen LogP contribution in [0.2, 0.25) is 5.02 Å². The van der Waals surface area contributed by atoms with E-state index in [9.17, 15) is 23.1 Å². The molecule has 1 aromatic heterocycles. The molecule has 1 aromatic carbocycles. The van der Waals surface area contributed by atoms with Crippen molar-refractivity contribution in [3.63, 3.8) is 0 Å². The van der Waals surface area contributed by atoms with Gasteiger partial charge in [-0.3, -0.25) is 9.69 Å². The van der Waals surface area contributed by atoms with Gasteiger partial charge in [-0.25, -0.2) is 18.2 Å². The minimum Gasteiger partial charge on any atom is -0.481 e. The van der Waals surface area contributed by atoms with Gasteiger partial charge in [-0.1, -0.05) is 36.2 Å². The summed E-state index contributed by atoms with van der Waals surface area (Å²) in [5, 5.41) is 17.3. The van der Waals surface area contributed by atoms with E-state index in [1.807, 2.05) is 0 Å². The molecule has 11 nitrogen and oxygen atoms in total. The van der Waals surface area contributed by atoms with Crippen LogP contribution >= 0.6 is 11.6 Å². The van der Waals surface area contributed by atoms with E-state index in [2.05, 4.69) is 15.6 Å². The van der Waals surface area contributed by atoms with Gasteiger partial charge in [0.1, 0.15) is 6.04 Å². The second-order valence-electron chi connectivity index (χ2n) is 12.2. The standard InChI is InChI=1S/C31H42ClN5O6S/c1-36(31(39)40)29(28(21-8-12-23(32)13-9-21)22-11-15-27(43-2)34-17-22)30(38)35-26-7-3-5-20(26)10-14-25-18-33-24-6-4-16-44(41,42)37(25)19-24/h8-9,11-13,15,17,20,24-26,28-29,33H,3-7,10,14,16,18-19H2,1-2H3,(H,35,38)(H,39,40)/t20-,24-,25+,26+,28+,29+/m1/s1. The van der Waals surface area contributed by atoms with Crippen molar-refractivity contribution in [3.8, 4) is 5.88 Å². The van der Waals surface area contributed by atoms with E-state index in [0.29, 0.717) is 42.4 Å². The summed E-state index contributed by atoms with van der Waals surface area (Å²) in [6.07, 6.45) is 6.04. The number of sulfonamides is 1. The van der Waals surface area contributed by atoms with Gasteiger partial charge in [-0.05, 0) is 67.7 Å². The molecule has 3 aliphatic rings. The number of aromatic nitrogens is 1. The summed E-state index contributed by atoms with van der Waals surface area (Å²) >= 11 is 6.17. The number of halogens is 1. The number of benzene rings is 1. The van der Waals surface area contributed by atoms with E-state index >= 15 is 0 Å². The zero-order valence-corrected chi connectivity index (χ0v) is 26.8. The summed E-state index contributed by atoms with van der Waals surface area (Å²) in [7, 11) is -0.357. The van der Waals surface area contributed by atoms with Gasteiger partial charge in [0.25, 0.3) is 0 Å². The minimum atomic E-state index is -3.28. The number of hydrogen-bond donors (Lipinski definition) is 3. The van der Waals surface area contributed by atoms with Gasteiger partial charge in [0.2, 0.25) is 21.8 Å². The SMILES string of the molecule is COc1ccc([C@H](c2ccc(Cl)cc2)[C@@H](C(=O)N[C@H]2CCC[C@@H]2CC[C@H]2CN[C@@H]3CCCS(=O)(=O)N2C3)N(C)C(=O)O)cn1. The second-order valence-corrected chi connectivity index (χ2v) is 14.6. The number of amides is 2. The number of piperazine rings is 1. The molecule has 7 atom stereocenters. The Morgan fingerprint density at radius 3 is 2.57 bits per heavy atom. The van der Waals surface area contributed by atoms with Crippen LogP contribution < -0.4 is 15.4 Å². The third-order valence-electron chi connectivity index (χ3n) is 9.48. The fraction of sp³-hybridized carbons (Fsp3) is 0.581. The molecule has 2 amide bonds. The molecule has 0 spiro atoms. The highest BCUT2D eigenvalue weighted by atomic mass is 35.5. The van der Waals surface area contributed by atoms with Gasteiger partial charge in [-0.15, -0.1) is 0 Å². The minimum absolute atomic E-state index is 0.103. The van der Waals surface area contributed by atoms with Crippen LogP contribution in [0, 0.1) is 5.92 Å². The van der Waals surface area contributed by atoms with Crippen molar-refractivity contribution in [2.75, 3.05) is 33.0 Å². The Morgan fingerprint density at radius 1 is 1.14 bits per heavy atom. The van der Waals surface area contributed by atoms with Gasteiger partial charge in [0, 0.05) is 61.5 Å². The zero-order chi connectivity index (χ0) is 31.4. The molecular formula is C31H42ClN5O6S. The average molecular weight is 648 g/mol. The number of nitrogens with zero attached hydrogens (tertiary/aromatic N) is 3. The third-order valence-corrected chi connectivity index (χ3v) is 11.7. The van der Waals surface area contributed by atoms with Crippen molar-refractivity contribution in [2.24, 2.45) is 5.92 Å². The van der Waals surface area contributed by atoms with Crippen LogP contribution in [-0.4, -0.2) is 96.9 Å². The number of nitrogens with one attached hydrogen (secondary N) is 2. The zero-order valence-electron chi connectivity index (χ0n) is 25.2. The lowest BCUT2D eigenvalue weighted by Gasteiger charge is -2.38. The maximum absolute atomic E-state index is 14.2. The van der Waals surface area contributed by atoms with Crippen molar-refractivity contribution < 1.29 is 27.9 Å². The number of carbonyl (C=O) groups excluding carboxylic acids is 1. The highest BCUT2D eigenvalue weighted by Crippen LogP contribution is 2.35. The Bertz CT molecular complexity index is 1410. The Hall–Kier alpha value is -2.93. The van der Waals surface area contributed by atoms with Crippen LogP contribution in [0.5, 0.6) is 5.88 Å². The van der Waals surface area contributed by atoms with Gasteiger partial charge in [0.05, 0.1) is 12.9 Å². The van der Waals surface area contributed by atoms with Crippen molar-refractivity contribution in [2.45, 2.75) is 75.0 Å². The molecular weight excluding hydrogens is 606 g/mol. The fourth-order valence-corrected chi connectivity index (χ4v) is 9.02. The fourth-order valence-electron chi connectivity index (χ4n) is 7.09. The molecule has 3 N–H and O–H groups in total. The highest BCUT2D eigenvalue weighted by Gasteiger charge is 2.41. The lowest BCUT2D eigenvalue weighted by atomic mass is 9.84. The summed E-state index contributed by atoms with van der Waals surface area (Å²) in [5.74, 6) is -0.290. The van der Waals surface area contributed by atoms with Crippen molar-refractivity contribution in [1.82, 2.24) is 24.8 Å². The molecule has 1 unspecified atom stereocenters. The molecule has 1 aliphatic carbocycles. The molecule has 2 bridgehead atoms. The van der Waals surface area contributed by atoms with Crippen LogP contribution in [0.15, 0.2) is 42.6 Å². The molecule has 2 saturated heterocycles. The second kappa shape index (κ2) is 14.0. The molecule has 3 heterocycles. The normalized spacial score (nSPS) is 27.5. The smallest absolute Gasteiger partial charge is 0.407 e. The largest absolute Gasteiger partial charge is 0.481 e. The number of fused-ring (bicyclic) bond motifs is 2. The molecule has 2 aromatic rings. The molecule has 44 heavy (non-hydrogen) atoms. The average Bonchev–Trinajstić information content (AvgIpc) is 3.41. The number of carbonyl (C=O) groups is 2. The Labute approximate surface area is 264 Å². The summed E-state index contributed by atoms with van der Waals surface area (Å²) in [5.41, 5.74) is 1.38. The van der Waals surface area contributed by atoms with Gasteiger partial charge < -0.3 is 20.5 Å². The van der Waals surface area contributed by atoms with E-state index in [0.717, 1.165) is 42.6 Å². The Kier molecular flexibility index (Phi) is 10.3. The number of rotatable bonds is 10. The van der Waals surface area contributed by atoms with E-state index in [-0.39, 0.29) is 35.7 Å². The number of pyridine rings is 1. The van der Waals surface area contributed by atoms with Crippen LogP contribution in [0.3, 0.4) is 0 Å². The van der Waals surface area contributed by atoms with Crippen molar-refractivity contribution >= 4 is 33.6 Å². The van der Waals surface area contributed by atoms with Crippen molar-refractivity contribution in [1.29, 1.82) is 0 Å². The van der Waals surface area contributed by atoms with E-state index in [1.54, 1.807) is 46.9 Å². The van der Waals surface area contributed by atoms with E-state index in [1.165, 1.54) is 14.2 Å². The number of likely N-dealkylation sites (N-methyl/N-ethyl adjacent to an activating group) is 1. The number of methoxy groups -OCH3 is 1. The molecule has 0 radical (unpaired) electrons. The maximum Gasteiger partial charge on any atom is 0.407 e. The lowest BCUT2D eigenvalue weighted by Crippen LogP contribution is -2.57. The topological polar surface area (TPSA) is 141 Å². The van der Waals surface area contributed by atoms with Crippen LogP contribution in [0.25, 0.3) is 0 Å². The molecule has 2 aliphatic heterocycles.